The molecule has 0 saturated carbocycles. The van der Waals surface area contributed by atoms with Crippen LogP contribution in [0.1, 0.15) is 48.0 Å². The van der Waals surface area contributed by atoms with Gasteiger partial charge >= 0.3 is 24.3 Å². The van der Waals surface area contributed by atoms with Gasteiger partial charge in [0.1, 0.15) is 5.82 Å². The third-order valence-electron chi connectivity index (χ3n) is 4.50. The minimum atomic E-state index is -5.08. The molecule has 1 aromatic carbocycles. The molecular weight excluding hydrogens is 545 g/mol. The molecule has 2 aromatic rings. The van der Waals surface area contributed by atoms with E-state index in [2.05, 4.69) is 10.3 Å². The fraction of sp³-hybridized carbons (Fsp3) is 0.417. The highest BCUT2D eigenvalue weighted by Crippen LogP contribution is 2.30. The Bertz CT molecular complexity index is 1140. The van der Waals surface area contributed by atoms with Gasteiger partial charge in [0.25, 0.3) is 5.91 Å². The Morgan fingerprint density at radius 2 is 1.67 bits per heavy atom. The minimum Gasteiger partial charge on any atom is -0.475 e. The molecule has 2 N–H and O–H groups in total. The first-order valence-electron chi connectivity index (χ1n) is 11.2. The third kappa shape index (κ3) is 11.7. The summed E-state index contributed by atoms with van der Waals surface area (Å²) in [4.78, 5) is 37.3. The Balaban J connectivity index is 0.000000956. The molecule has 0 bridgehead atoms. The Morgan fingerprint density at radius 1 is 1.05 bits per heavy atom. The number of rotatable bonds is 9. The average molecular weight is 570 g/mol. The molecular formula is C24H25F7N2O6. The van der Waals surface area contributed by atoms with Gasteiger partial charge in [-0.1, -0.05) is 0 Å². The van der Waals surface area contributed by atoms with Crippen LogP contribution in [0.3, 0.4) is 0 Å². The summed E-state index contributed by atoms with van der Waals surface area (Å²) in [6.45, 7) is 5.39. The molecule has 39 heavy (non-hydrogen) atoms. The second kappa shape index (κ2) is 14.4. The van der Waals surface area contributed by atoms with Crippen LogP contribution in [0, 0.1) is 5.82 Å². The van der Waals surface area contributed by atoms with E-state index < -0.39 is 53.2 Å². The van der Waals surface area contributed by atoms with Crippen LogP contribution >= 0.6 is 0 Å². The number of hydrogen-bond donors (Lipinski definition) is 2. The molecule has 0 saturated heterocycles. The highest BCUT2D eigenvalue weighted by atomic mass is 19.4. The van der Waals surface area contributed by atoms with Crippen molar-refractivity contribution in [3.05, 3.63) is 64.7 Å². The van der Waals surface area contributed by atoms with Crippen molar-refractivity contribution in [3.63, 3.8) is 0 Å². The summed E-state index contributed by atoms with van der Waals surface area (Å²) in [5, 5.41) is 9.55. The molecule has 2 rings (SSSR count). The Morgan fingerprint density at radius 3 is 2.15 bits per heavy atom. The van der Waals surface area contributed by atoms with E-state index in [-0.39, 0.29) is 31.7 Å². The molecule has 0 spiro atoms. The number of esters is 1. The van der Waals surface area contributed by atoms with Crippen molar-refractivity contribution in [2.45, 2.75) is 58.3 Å². The maximum Gasteiger partial charge on any atom is 0.490 e. The molecule has 1 amide bonds. The zero-order valence-electron chi connectivity index (χ0n) is 20.8. The van der Waals surface area contributed by atoms with Gasteiger partial charge in [0.2, 0.25) is 0 Å². The predicted octanol–water partition coefficient (Wildman–Crippen LogP) is 4.70. The molecule has 15 heteroatoms. The first kappa shape index (κ1) is 33.3. The van der Waals surface area contributed by atoms with Crippen LogP contribution in [-0.4, -0.2) is 52.9 Å². The van der Waals surface area contributed by atoms with Gasteiger partial charge in [0.15, 0.2) is 6.10 Å². The molecule has 0 aliphatic heterocycles. The lowest BCUT2D eigenvalue weighted by Crippen LogP contribution is -2.31. The van der Waals surface area contributed by atoms with E-state index in [1.807, 2.05) is 0 Å². The molecule has 1 atom stereocenters. The first-order chi connectivity index (χ1) is 17.9. The number of carboxylic acids is 1. The van der Waals surface area contributed by atoms with Crippen molar-refractivity contribution >= 4 is 17.8 Å². The number of pyridine rings is 1. The maximum atomic E-state index is 14.0. The number of alkyl halides is 6. The van der Waals surface area contributed by atoms with Gasteiger partial charge < -0.3 is 19.9 Å². The van der Waals surface area contributed by atoms with Gasteiger partial charge in [-0.05, 0) is 56.7 Å². The lowest BCUT2D eigenvalue weighted by molar-refractivity contribution is -0.192. The summed E-state index contributed by atoms with van der Waals surface area (Å²) in [6.07, 6.45) is -9.12. The summed E-state index contributed by atoms with van der Waals surface area (Å²) in [5.41, 5.74) is -0.582. The molecule has 1 heterocycles. The van der Waals surface area contributed by atoms with Crippen LogP contribution in [-0.2, 0) is 38.2 Å². The van der Waals surface area contributed by atoms with Crippen LogP contribution in [0.4, 0.5) is 30.7 Å². The van der Waals surface area contributed by atoms with Gasteiger partial charge in [-0.15, -0.1) is 0 Å². The zero-order chi connectivity index (χ0) is 30.0. The number of halogens is 7. The normalized spacial score (nSPS) is 12.3. The first-order valence-corrected chi connectivity index (χ1v) is 11.2. The topological polar surface area (TPSA) is 115 Å². The van der Waals surface area contributed by atoms with Crippen molar-refractivity contribution < 1.29 is 59.7 Å². The van der Waals surface area contributed by atoms with E-state index in [0.29, 0.717) is 17.3 Å². The standard InChI is InChI=1S/C22H24F4N2O4.C2HF3O2/c1-4-31-21(30)19(32-13(2)3)10-14-7-8-27-16(9-14)12-28-20(29)17-6-5-15(11-18(17)23)22(24,25)26;3-2(4,5)1(6)7/h5-9,11,13,19H,4,10,12H2,1-3H3,(H,28,29);(H,6,7). The van der Waals surface area contributed by atoms with Crippen LogP contribution in [0.5, 0.6) is 0 Å². The number of nitrogens with zero attached hydrogens (tertiary/aromatic N) is 1. The number of nitrogens with one attached hydrogen (secondary N) is 1. The molecule has 1 aromatic heterocycles. The Labute approximate surface area is 218 Å². The number of carbonyl (C=O) groups excluding carboxylic acids is 2. The van der Waals surface area contributed by atoms with Gasteiger partial charge in [-0.2, -0.15) is 26.3 Å². The van der Waals surface area contributed by atoms with Crippen LogP contribution in [0.2, 0.25) is 0 Å². The van der Waals surface area contributed by atoms with E-state index in [1.54, 1.807) is 32.9 Å². The van der Waals surface area contributed by atoms with Crippen LogP contribution in [0.25, 0.3) is 0 Å². The largest absolute Gasteiger partial charge is 0.490 e. The fourth-order valence-corrected chi connectivity index (χ4v) is 2.86. The van der Waals surface area contributed by atoms with Crippen LogP contribution < -0.4 is 5.32 Å². The summed E-state index contributed by atoms with van der Waals surface area (Å²) in [5.74, 6) is -5.41. The van der Waals surface area contributed by atoms with Gasteiger partial charge in [-0.25, -0.2) is 14.0 Å². The Kier molecular flexibility index (Phi) is 12.3. The molecule has 0 radical (unpaired) electrons. The highest BCUT2D eigenvalue weighted by molar-refractivity contribution is 5.94. The van der Waals surface area contributed by atoms with Gasteiger partial charge in [0, 0.05) is 12.6 Å². The number of amides is 1. The molecule has 0 aliphatic carbocycles. The molecule has 1 unspecified atom stereocenters. The monoisotopic (exact) mass is 570 g/mol. The van der Waals surface area contributed by atoms with Crippen molar-refractivity contribution in [3.8, 4) is 0 Å². The van der Waals surface area contributed by atoms with Crippen molar-refractivity contribution in [2.24, 2.45) is 0 Å². The van der Waals surface area contributed by atoms with Gasteiger partial charge in [-0.3, -0.25) is 9.78 Å². The zero-order valence-corrected chi connectivity index (χ0v) is 20.8. The smallest absolute Gasteiger partial charge is 0.475 e. The number of hydrogen-bond acceptors (Lipinski definition) is 6. The van der Waals surface area contributed by atoms with E-state index in [9.17, 15) is 40.3 Å². The second-order valence-corrected chi connectivity index (χ2v) is 7.96. The van der Waals surface area contributed by atoms with E-state index in [4.69, 9.17) is 19.4 Å². The minimum absolute atomic E-state index is 0.0950. The Hall–Kier alpha value is -3.75. The number of aromatic nitrogens is 1. The molecule has 8 nitrogen and oxygen atoms in total. The quantitative estimate of drug-likeness (QED) is 0.332. The molecule has 0 fully saturated rings. The lowest BCUT2D eigenvalue weighted by Gasteiger charge is -2.19. The predicted molar refractivity (Wildman–Crippen MR) is 121 cm³/mol. The van der Waals surface area contributed by atoms with Crippen molar-refractivity contribution in [1.29, 1.82) is 0 Å². The average Bonchev–Trinajstić information content (AvgIpc) is 2.81. The number of carbonyl (C=O) groups is 3. The summed E-state index contributed by atoms with van der Waals surface area (Å²) >= 11 is 0. The molecule has 0 aliphatic rings. The number of carboxylic acid groups (broad SMARTS) is 1. The second-order valence-electron chi connectivity index (χ2n) is 7.96. The van der Waals surface area contributed by atoms with Gasteiger partial charge in [0.05, 0.1) is 36.1 Å². The SMILES string of the molecule is CCOC(=O)C(Cc1ccnc(CNC(=O)c2ccc(C(F)(F)F)cc2F)c1)OC(C)C.O=C(O)C(F)(F)F. The van der Waals surface area contributed by atoms with E-state index in [1.165, 1.54) is 6.20 Å². The summed E-state index contributed by atoms with van der Waals surface area (Å²) < 4.78 is 94.3. The third-order valence-corrected chi connectivity index (χ3v) is 4.50. The lowest BCUT2D eigenvalue weighted by atomic mass is 10.1. The number of aliphatic carboxylic acids is 1. The van der Waals surface area contributed by atoms with Crippen LogP contribution in [0.15, 0.2) is 36.5 Å². The number of benzene rings is 1. The fourth-order valence-electron chi connectivity index (χ4n) is 2.86. The summed E-state index contributed by atoms with van der Waals surface area (Å²) in [6, 6.07) is 5.01. The summed E-state index contributed by atoms with van der Waals surface area (Å²) in [7, 11) is 0. The highest BCUT2D eigenvalue weighted by Gasteiger charge is 2.38. The molecule has 216 valence electrons. The van der Waals surface area contributed by atoms with Crippen molar-refractivity contribution in [1.82, 2.24) is 10.3 Å². The maximum absolute atomic E-state index is 14.0. The van der Waals surface area contributed by atoms with E-state index in [0.717, 1.165) is 6.07 Å². The van der Waals surface area contributed by atoms with Crippen molar-refractivity contribution in [2.75, 3.05) is 6.61 Å². The number of ether oxygens (including phenoxy) is 2. The van der Waals surface area contributed by atoms with E-state index >= 15 is 0 Å².